The summed E-state index contributed by atoms with van der Waals surface area (Å²) in [6.07, 6.45) is 2.10. The predicted octanol–water partition coefficient (Wildman–Crippen LogP) is 4.18. The normalized spacial score (nSPS) is 17.3. The molecular formula is C17H22BrN3. The Kier molecular flexibility index (Phi) is 4.07. The van der Waals surface area contributed by atoms with Crippen molar-refractivity contribution in [3.63, 3.8) is 0 Å². The van der Waals surface area contributed by atoms with Gasteiger partial charge < -0.3 is 4.90 Å². The number of anilines is 1. The summed E-state index contributed by atoms with van der Waals surface area (Å²) in [5.74, 6) is 0. The minimum Gasteiger partial charge on any atom is -0.362 e. The predicted molar refractivity (Wildman–Crippen MR) is 90.8 cm³/mol. The highest BCUT2D eigenvalue weighted by Crippen LogP contribution is 2.34. The molecular weight excluding hydrogens is 326 g/mol. The van der Waals surface area contributed by atoms with Crippen molar-refractivity contribution in [2.45, 2.75) is 52.7 Å². The van der Waals surface area contributed by atoms with E-state index in [2.05, 4.69) is 70.5 Å². The van der Waals surface area contributed by atoms with Gasteiger partial charge in [0.2, 0.25) is 0 Å². The molecule has 2 heterocycles. The Morgan fingerprint density at radius 2 is 2.05 bits per heavy atom. The van der Waals surface area contributed by atoms with Crippen LogP contribution >= 0.6 is 15.9 Å². The fourth-order valence-corrected chi connectivity index (χ4v) is 3.89. The molecule has 1 aromatic carbocycles. The van der Waals surface area contributed by atoms with Crippen LogP contribution in [0.4, 0.5) is 5.69 Å². The highest BCUT2D eigenvalue weighted by atomic mass is 79.9. The molecule has 3 rings (SSSR count). The summed E-state index contributed by atoms with van der Waals surface area (Å²) < 4.78 is 3.32. The number of nitrogens with zero attached hydrogens (tertiary/aromatic N) is 3. The van der Waals surface area contributed by atoms with Crippen LogP contribution in [0.1, 0.15) is 37.7 Å². The van der Waals surface area contributed by atoms with Crippen molar-refractivity contribution >= 4 is 21.6 Å². The fraction of sp³-hybridized carbons (Fsp3) is 0.471. The van der Waals surface area contributed by atoms with E-state index in [4.69, 9.17) is 5.10 Å². The van der Waals surface area contributed by atoms with Crippen LogP contribution < -0.4 is 4.90 Å². The topological polar surface area (TPSA) is 21.1 Å². The third kappa shape index (κ3) is 2.50. The van der Waals surface area contributed by atoms with E-state index in [0.29, 0.717) is 6.04 Å². The van der Waals surface area contributed by atoms with Crippen LogP contribution in [0.25, 0.3) is 0 Å². The summed E-state index contributed by atoms with van der Waals surface area (Å²) >= 11 is 3.76. The van der Waals surface area contributed by atoms with E-state index >= 15 is 0 Å². The molecule has 0 N–H and O–H groups in total. The maximum absolute atomic E-state index is 4.71. The average molecular weight is 348 g/mol. The van der Waals surface area contributed by atoms with E-state index in [1.165, 1.54) is 21.4 Å². The lowest BCUT2D eigenvalue weighted by Gasteiger charge is -2.25. The molecule has 1 atom stereocenters. The maximum Gasteiger partial charge on any atom is 0.0767 e. The van der Waals surface area contributed by atoms with Gasteiger partial charge in [-0.25, -0.2) is 0 Å². The van der Waals surface area contributed by atoms with Gasteiger partial charge in [-0.15, -0.1) is 0 Å². The zero-order valence-electron chi connectivity index (χ0n) is 12.9. The van der Waals surface area contributed by atoms with E-state index in [9.17, 15) is 0 Å². The second kappa shape index (κ2) is 5.84. The Labute approximate surface area is 135 Å². The van der Waals surface area contributed by atoms with Crippen LogP contribution in [0.15, 0.2) is 28.7 Å². The van der Waals surface area contributed by atoms with Crippen LogP contribution in [0, 0.1) is 0 Å². The van der Waals surface area contributed by atoms with Crippen LogP contribution in [-0.4, -0.2) is 15.8 Å². The molecule has 0 fully saturated rings. The van der Waals surface area contributed by atoms with Gasteiger partial charge in [0.1, 0.15) is 0 Å². The Morgan fingerprint density at radius 1 is 1.29 bits per heavy atom. The SMILES string of the molecule is CCc1nn(CC)c(CN2c3ccccc3CC2C)c1Br. The molecule has 2 aromatic rings. The molecule has 0 spiro atoms. The van der Waals surface area contributed by atoms with Crippen LogP contribution in [0.2, 0.25) is 0 Å². The molecule has 1 aliphatic rings. The Balaban J connectivity index is 1.96. The number of hydrogen-bond donors (Lipinski definition) is 0. The molecule has 0 saturated heterocycles. The zero-order valence-corrected chi connectivity index (χ0v) is 14.5. The summed E-state index contributed by atoms with van der Waals surface area (Å²) in [5.41, 5.74) is 5.28. The average Bonchev–Trinajstić information content (AvgIpc) is 2.98. The van der Waals surface area contributed by atoms with Crippen molar-refractivity contribution in [1.29, 1.82) is 0 Å². The van der Waals surface area contributed by atoms with Gasteiger partial charge >= 0.3 is 0 Å². The first-order chi connectivity index (χ1) is 10.2. The van der Waals surface area contributed by atoms with Gasteiger partial charge in [0.15, 0.2) is 0 Å². The lowest BCUT2D eigenvalue weighted by atomic mass is 10.1. The fourth-order valence-electron chi connectivity index (χ4n) is 3.20. The minimum absolute atomic E-state index is 0.541. The highest BCUT2D eigenvalue weighted by molar-refractivity contribution is 9.10. The van der Waals surface area contributed by atoms with Crippen molar-refractivity contribution in [3.05, 3.63) is 45.7 Å². The van der Waals surface area contributed by atoms with Gasteiger partial charge in [-0.2, -0.15) is 5.10 Å². The summed E-state index contributed by atoms with van der Waals surface area (Å²) in [6.45, 7) is 8.45. The van der Waals surface area contributed by atoms with Gasteiger partial charge in [0, 0.05) is 18.3 Å². The second-order valence-electron chi connectivity index (χ2n) is 5.69. The van der Waals surface area contributed by atoms with Gasteiger partial charge in [-0.05, 0) is 54.2 Å². The van der Waals surface area contributed by atoms with Gasteiger partial charge in [-0.3, -0.25) is 4.68 Å². The van der Waals surface area contributed by atoms with E-state index in [1.807, 2.05) is 0 Å². The molecule has 0 aliphatic carbocycles. The quantitative estimate of drug-likeness (QED) is 0.827. The number of rotatable bonds is 4. The molecule has 1 aromatic heterocycles. The first kappa shape index (κ1) is 14.6. The molecule has 1 unspecified atom stereocenters. The molecule has 4 heteroatoms. The number of hydrogen-bond acceptors (Lipinski definition) is 2. The smallest absolute Gasteiger partial charge is 0.0767 e. The number of aromatic nitrogens is 2. The lowest BCUT2D eigenvalue weighted by molar-refractivity contribution is 0.585. The standard InChI is InChI=1S/C17H22BrN3/c1-4-14-17(18)16(21(5-2)19-14)11-20-12(3)10-13-8-6-7-9-15(13)20/h6-9,12H,4-5,10-11H2,1-3H3. The van der Waals surface area contributed by atoms with Gasteiger partial charge in [0.25, 0.3) is 0 Å². The molecule has 0 bridgehead atoms. The molecule has 21 heavy (non-hydrogen) atoms. The molecule has 0 radical (unpaired) electrons. The number of halogens is 1. The highest BCUT2D eigenvalue weighted by Gasteiger charge is 2.27. The van der Waals surface area contributed by atoms with E-state index in [0.717, 1.165) is 31.6 Å². The summed E-state index contributed by atoms with van der Waals surface area (Å²) in [5, 5.41) is 4.71. The molecule has 3 nitrogen and oxygen atoms in total. The second-order valence-corrected chi connectivity index (χ2v) is 6.48. The van der Waals surface area contributed by atoms with E-state index < -0.39 is 0 Å². The lowest BCUT2D eigenvalue weighted by Crippen LogP contribution is -2.29. The number of benzene rings is 1. The van der Waals surface area contributed by atoms with E-state index in [-0.39, 0.29) is 0 Å². The van der Waals surface area contributed by atoms with Crippen molar-refractivity contribution in [1.82, 2.24) is 9.78 Å². The minimum atomic E-state index is 0.541. The largest absolute Gasteiger partial charge is 0.362 e. The number of para-hydroxylation sites is 1. The van der Waals surface area contributed by atoms with Gasteiger partial charge in [-0.1, -0.05) is 25.1 Å². The molecule has 112 valence electrons. The molecule has 0 saturated carbocycles. The monoisotopic (exact) mass is 347 g/mol. The summed E-state index contributed by atoms with van der Waals surface area (Å²) in [7, 11) is 0. The Morgan fingerprint density at radius 3 is 2.76 bits per heavy atom. The van der Waals surface area contributed by atoms with Crippen LogP contribution in [0.5, 0.6) is 0 Å². The Hall–Kier alpha value is -1.29. The third-order valence-corrected chi connectivity index (χ3v) is 5.28. The van der Waals surface area contributed by atoms with Crippen molar-refractivity contribution in [3.8, 4) is 0 Å². The van der Waals surface area contributed by atoms with Crippen molar-refractivity contribution in [2.24, 2.45) is 0 Å². The van der Waals surface area contributed by atoms with Crippen LogP contribution in [-0.2, 0) is 25.9 Å². The maximum atomic E-state index is 4.71. The first-order valence-corrected chi connectivity index (χ1v) is 8.53. The number of aryl methyl sites for hydroxylation is 2. The third-order valence-electron chi connectivity index (χ3n) is 4.36. The molecule has 0 amide bonds. The first-order valence-electron chi connectivity index (χ1n) is 7.74. The van der Waals surface area contributed by atoms with Crippen molar-refractivity contribution < 1.29 is 0 Å². The van der Waals surface area contributed by atoms with E-state index in [1.54, 1.807) is 0 Å². The summed E-state index contributed by atoms with van der Waals surface area (Å²) in [6, 6.07) is 9.29. The van der Waals surface area contributed by atoms with Gasteiger partial charge in [0.05, 0.1) is 22.4 Å². The van der Waals surface area contributed by atoms with Crippen molar-refractivity contribution in [2.75, 3.05) is 4.90 Å². The van der Waals surface area contributed by atoms with Crippen LogP contribution in [0.3, 0.4) is 0 Å². The summed E-state index contributed by atoms with van der Waals surface area (Å²) in [4.78, 5) is 2.50. The Bertz CT molecular complexity index is 647. The number of fused-ring (bicyclic) bond motifs is 1. The zero-order chi connectivity index (χ0) is 15.0. The molecule has 1 aliphatic heterocycles.